The standard InChI is InChI=1S/C19H29N/c1-18-10-3-2-5-14(18)7-8-15-16(18)9-12-19(13-20)11-4-6-17(15)19/h7,13,15-17,20H,2-6,8-12H2,1H3/t15-,16+,17+,18+,19+/m1/s1. The van der Waals surface area contributed by atoms with Gasteiger partial charge in [0.25, 0.3) is 0 Å². The Kier molecular flexibility index (Phi) is 2.91. The van der Waals surface area contributed by atoms with Crippen LogP contribution < -0.4 is 0 Å². The van der Waals surface area contributed by atoms with Crippen LogP contribution in [0.1, 0.15) is 71.1 Å². The molecule has 3 saturated carbocycles. The molecule has 4 aliphatic rings. The van der Waals surface area contributed by atoms with E-state index in [2.05, 4.69) is 13.0 Å². The second-order valence-electron chi connectivity index (χ2n) is 8.27. The maximum atomic E-state index is 8.01. The Balaban J connectivity index is 1.71. The van der Waals surface area contributed by atoms with Gasteiger partial charge in [-0.3, -0.25) is 0 Å². The largest absolute Gasteiger partial charge is 0.313 e. The van der Waals surface area contributed by atoms with E-state index in [0.717, 1.165) is 17.8 Å². The highest BCUT2D eigenvalue weighted by Crippen LogP contribution is 2.64. The maximum absolute atomic E-state index is 8.01. The van der Waals surface area contributed by atoms with E-state index in [9.17, 15) is 0 Å². The number of hydrogen-bond acceptors (Lipinski definition) is 1. The van der Waals surface area contributed by atoms with E-state index in [1.165, 1.54) is 64.2 Å². The molecule has 0 spiro atoms. The molecule has 1 nitrogen and oxygen atoms in total. The summed E-state index contributed by atoms with van der Waals surface area (Å²) in [4.78, 5) is 0. The Morgan fingerprint density at radius 2 is 2.00 bits per heavy atom. The minimum absolute atomic E-state index is 0.303. The lowest BCUT2D eigenvalue weighted by molar-refractivity contribution is -0.00360. The fraction of sp³-hybridized carbons (Fsp3) is 0.842. The third-order valence-corrected chi connectivity index (χ3v) is 7.72. The smallest absolute Gasteiger partial charge is 0.00807 e. The van der Waals surface area contributed by atoms with Crippen LogP contribution in [0.2, 0.25) is 0 Å². The zero-order valence-corrected chi connectivity index (χ0v) is 13.0. The van der Waals surface area contributed by atoms with Crippen molar-refractivity contribution in [3.63, 3.8) is 0 Å². The van der Waals surface area contributed by atoms with Gasteiger partial charge in [0.05, 0.1) is 0 Å². The molecule has 0 radical (unpaired) electrons. The van der Waals surface area contributed by atoms with Gasteiger partial charge in [-0.05, 0) is 74.5 Å². The maximum Gasteiger partial charge on any atom is 0.00807 e. The van der Waals surface area contributed by atoms with Gasteiger partial charge in [-0.25, -0.2) is 0 Å². The number of allylic oxidation sites excluding steroid dienone is 2. The molecule has 4 rings (SSSR count). The summed E-state index contributed by atoms with van der Waals surface area (Å²) in [5.74, 6) is 2.65. The van der Waals surface area contributed by atoms with E-state index < -0.39 is 0 Å². The first-order chi connectivity index (χ1) is 9.70. The molecule has 1 N–H and O–H groups in total. The van der Waals surface area contributed by atoms with Gasteiger partial charge in [-0.2, -0.15) is 0 Å². The topological polar surface area (TPSA) is 23.9 Å². The lowest BCUT2D eigenvalue weighted by Gasteiger charge is -2.56. The van der Waals surface area contributed by atoms with Crippen LogP contribution in [0.15, 0.2) is 11.6 Å². The van der Waals surface area contributed by atoms with Crippen molar-refractivity contribution >= 4 is 6.21 Å². The van der Waals surface area contributed by atoms with Gasteiger partial charge in [-0.1, -0.05) is 31.4 Å². The molecule has 0 aromatic heterocycles. The molecule has 0 heterocycles. The van der Waals surface area contributed by atoms with Gasteiger partial charge in [0.15, 0.2) is 0 Å². The fourth-order valence-electron chi connectivity index (χ4n) is 6.66. The second kappa shape index (κ2) is 4.45. The summed E-state index contributed by atoms with van der Waals surface area (Å²) in [5.41, 5.74) is 2.64. The van der Waals surface area contributed by atoms with Gasteiger partial charge in [0.2, 0.25) is 0 Å². The number of nitrogens with one attached hydrogen (secondary N) is 1. The van der Waals surface area contributed by atoms with Crippen molar-refractivity contribution in [2.24, 2.45) is 28.6 Å². The van der Waals surface area contributed by atoms with Crippen molar-refractivity contribution in [1.29, 1.82) is 5.41 Å². The van der Waals surface area contributed by atoms with Crippen LogP contribution in [0, 0.1) is 34.0 Å². The SMILES string of the molecule is C[C@]12CCCCC1=CC[C@H]1[C@@H]3CCC[C@@]3(C=N)CC[C@@H]12. The van der Waals surface area contributed by atoms with Crippen LogP contribution in [0.4, 0.5) is 0 Å². The lowest BCUT2D eigenvalue weighted by Crippen LogP contribution is -2.49. The summed E-state index contributed by atoms with van der Waals surface area (Å²) in [6.45, 7) is 2.58. The lowest BCUT2D eigenvalue weighted by atomic mass is 9.48. The number of rotatable bonds is 1. The molecule has 0 bridgehead atoms. The Morgan fingerprint density at radius 3 is 2.85 bits per heavy atom. The molecule has 110 valence electrons. The van der Waals surface area contributed by atoms with E-state index >= 15 is 0 Å². The molecule has 4 aliphatic carbocycles. The third kappa shape index (κ3) is 1.58. The molecule has 0 aromatic carbocycles. The molecular weight excluding hydrogens is 242 g/mol. The number of fused-ring (bicyclic) bond motifs is 5. The Bertz CT molecular complexity index is 451. The Labute approximate surface area is 123 Å². The van der Waals surface area contributed by atoms with Gasteiger partial charge < -0.3 is 5.41 Å². The van der Waals surface area contributed by atoms with Crippen molar-refractivity contribution in [3.8, 4) is 0 Å². The summed E-state index contributed by atoms with van der Waals surface area (Å²) >= 11 is 0. The molecular formula is C19H29N. The first-order valence-electron chi connectivity index (χ1n) is 8.91. The Hall–Kier alpha value is -0.590. The highest BCUT2D eigenvalue weighted by Gasteiger charge is 2.56. The van der Waals surface area contributed by atoms with Crippen molar-refractivity contribution in [3.05, 3.63) is 11.6 Å². The molecule has 0 aromatic rings. The van der Waals surface area contributed by atoms with Crippen molar-refractivity contribution in [2.75, 3.05) is 0 Å². The summed E-state index contributed by atoms with van der Waals surface area (Å²) in [6, 6.07) is 0. The zero-order chi connectivity index (χ0) is 13.8. The van der Waals surface area contributed by atoms with E-state index in [1.807, 2.05) is 11.8 Å². The number of hydrogen-bond donors (Lipinski definition) is 1. The summed E-state index contributed by atoms with van der Waals surface area (Å²) in [7, 11) is 0. The molecule has 0 saturated heterocycles. The summed E-state index contributed by atoms with van der Waals surface area (Å²) < 4.78 is 0. The fourth-order valence-corrected chi connectivity index (χ4v) is 6.66. The predicted molar refractivity (Wildman–Crippen MR) is 84.0 cm³/mol. The monoisotopic (exact) mass is 271 g/mol. The Morgan fingerprint density at radius 1 is 1.10 bits per heavy atom. The van der Waals surface area contributed by atoms with Crippen LogP contribution in [0.3, 0.4) is 0 Å². The molecule has 3 fully saturated rings. The highest BCUT2D eigenvalue weighted by atomic mass is 14.6. The second-order valence-corrected chi connectivity index (χ2v) is 8.27. The van der Waals surface area contributed by atoms with Gasteiger partial charge >= 0.3 is 0 Å². The average molecular weight is 271 g/mol. The predicted octanol–water partition coefficient (Wildman–Crippen LogP) is 5.36. The minimum Gasteiger partial charge on any atom is -0.313 e. The van der Waals surface area contributed by atoms with Crippen molar-refractivity contribution < 1.29 is 0 Å². The van der Waals surface area contributed by atoms with E-state index in [4.69, 9.17) is 5.41 Å². The minimum atomic E-state index is 0.303. The van der Waals surface area contributed by atoms with Crippen LogP contribution in [0.5, 0.6) is 0 Å². The van der Waals surface area contributed by atoms with Crippen LogP contribution in [-0.2, 0) is 0 Å². The highest BCUT2D eigenvalue weighted by molar-refractivity contribution is 5.64. The van der Waals surface area contributed by atoms with Crippen molar-refractivity contribution in [1.82, 2.24) is 0 Å². The normalized spacial score (nSPS) is 50.6. The molecule has 1 heteroatoms. The molecule has 0 unspecified atom stereocenters. The van der Waals surface area contributed by atoms with E-state index in [0.29, 0.717) is 10.8 Å². The first kappa shape index (κ1) is 13.1. The third-order valence-electron chi connectivity index (χ3n) is 7.72. The summed E-state index contributed by atoms with van der Waals surface area (Å²) in [5, 5.41) is 8.01. The molecule has 5 atom stereocenters. The van der Waals surface area contributed by atoms with Crippen LogP contribution >= 0.6 is 0 Å². The van der Waals surface area contributed by atoms with Gasteiger partial charge in [0.1, 0.15) is 0 Å². The first-order valence-corrected chi connectivity index (χ1v) is 8.91. The molecule has 0 aliphatic heterocycles. The van der Waals surface area contributed by atoms with Crippen LogP contribution in [0.25, 0.3) is 0 Å². The zero-order valence-electron chi connectivity index (χ0n) is 13.0. The average Bonchev–Trinajstić information content (AvgIpc) is 2.91. The van der Waals surface area contributed by atoms with Crippen LogP contribution in [-0.4, -0.2) is 6.21 Å². The molecule has 20 heavy (non-hydrogen) atoms. The van der Waals surface area contributed by atoms with E-state index in [1.54, 1.807) is 0 Å². The quantitative estimate of drug-likeness (QED) is 0.490. The van der Waals surface area contributed by atoms with E-state index in [-0.39, 0.29) is 0 Å². The van der Waals surface area contributed by atoms with Gasteiger partial charge in [-0.15, -0.1) is 0 Å². The summed E-state index contributed by atoms with van der Waals surface area (Å²) in [6.07, 6.45) is 18.3. The van der Waals surface area contributed by atoms with Crippen molar-refractivity contribution in [2.45, 2.75) is 71.1 Å². The van der Waals surface area contributed by atoms with Gasteiger partial charge in [0, 0.05) is 11.6 Å². The molecule has 0 amide bonds.